The molecule has 4 aromatic heterocycles. The van der Waals surface area contributed by atoms with E-state index in [-0.39, 0.29) is 41.5 Å². The van der Waals surface area contributed by atoms with Crippen LogP contribution >= 0.6 is 15.9 Å². The Morgan fingerprint density at radius 1 is 0.875 bits per heavy atom. The van der Waals surface area contributed by atoms with E-state index in [2.05, 4.69) is 36.2 Å². The van der Waals surface area contributed by atoms with Crippen molar-refractivity contribution in [3.63, 3.8) is 0 Å². The monoisotopic (exact) mass is 707 g/mol. The maximum atomic E-state index is 13.1. The van der Waals surface area contributed by atoms with Gasteiger partial charge in [-0.25, -0.2) is 14.6 Å². The maximum absolute atomic E-state index is 13.1. The normalized spacial score (nSPS) is 12.1. The van der Waals surface area contributed by atoms with E-state index in [0.717, 1.165) is 31.8 Å². The van der Waals surface area contributed by atoms with Gasteiger partial charge in [-0.1, -0.05) is 74.5 Å². The third kappa shape index (κ3) is 5.75. The van der Waals surface area contributed by atoms with Gasteiger partial charge in [0.25, 0.3) is 5.89 Å². The second-order valence-corrected chi connectivity index (χ2v) is 12.3. The van der Waals surface area contributed by atoms with Crippen LogP contribution in [0, 0.1) is 5.92 Å². The third-order valence-corrected chi connectivity index (χ3v) is 8.67. The lowest BCUT2D eigenvalue weighted by Crippen LogP contribution is -2.32. The van der Waals surface area contributed by atoms with Gasteiger partial charge in [-0.05, 0) is 39.5 Å². The molecule has 0 aliphatic rings. The molecule has 0 spiro atoms. The zero-order valence-electron chi connectivity index (χ0n) is 26.2. The number of nitrogens with zero attached hydrogens (tertiary/aromatic N) is 2. The lowest BCUT2D eigenvalue weighted by Gasteiger charge is -2.19. The molecule has 0 unspecified atom stereocenters. The van der Waals surface area contributed by atoms with Crippen LogP contribution in [-0.4, -0.2) is 39.1 Å². The first-order chi connectivity index (χ1) is 23.3. The fourth-order valence-electron chi connectivity index (χ4n) is 5.61. The Balaban J connectivity index is 1.35. The predicted molar refractivity (Wildman–Crippen MR) is 183 cm³/mol. The van der Waals surface area contributed by atoms with E-state index >= 15 is 0 Å². The number of rotatable bonds is 9. The fourth-order valence-corrected chi connectivity index (χ4v) is 6.09. The van der Waals surface area contributed by atoms with Gasteiger partial charge < -0.3 is 33.6 Å². The van der Waals surface area contributed by atoms with Crippen molar-refractivity contribution >= 4 is 49.8 Å². The average Bonchev–Trinajstić information content (AvgIpc) is 3.90. The average molecular weight is 709 g/mol. The molecule has 7 aromatic rings. The standard InChI is InChI=1S/C36H30BrN5O6/c1-19(2)27(42-36(44)46-18-20-10-5-4-6-11-20)33-40-29(31(47-33)24-17-39-28-22(24)13-9-14-25(28)37)34-41-30(35(43)45-3)32(48-34)23-16-38-26-15-8-7-12-21(23)26/h4-17,19,27,38-39H,18H2,1-3H3,(H,42,44)/t27-/m0/s1. The number of hydrogen-bond donors (Lipinski definition) is 3. The number of H-pyrrole nitrogens is 2. The molecule has 0 aliphatic heterocycles. The molecule has 242 valence electrons. The van der Waals surface area contributed by atoms with Crippen molar-refractivity contribution in [2.24, 2.45) is 5.92 Å². The number of benzene rings is 3. The molecular weight excluding hydrogens is 678 g/mol. The summed E-state index contributed by atoms with van der Waals surface area (Å²) in [5.74, 6) is -0.0177. The molecule has 0 saturated heterocycles. The van der Waals surface area contributed by atoms with Crippen LogP contribution in [-0.2, 0) is 16.1 Å². The lowest BCUT2D eigenvalue weighted by molar-refractivity contribution is 0.0595. The molecule has 12 heteroatoms. The molecule has 4 heterocycles. The van der Waals surface area contributed by atoms with Crippen LogP contribution in [0.4, 0.5) is 4.79 Å². The SMILES string of the molecule is COC(=O)c1nc(-c2nc([C@@H](NC(=O)OCc3ccccc3)C(C)C)oc2-c2c[nH]c3c(Br)cccc23)oc1-c1c[nH]c2ccccc12. The van der Waals surface area contributed by atoms with Gasteiger partial charge in [0.2, 0.25) is 5.89 Å². The highest BCUT2D eigenvalue weighted by Gasteiger charge is 2.32. The Morgan fingerprint density at radius 2 is 1.60 bits per heavy atom. The van der Waals surface area contributed by atoms with Crippen LogP contribution < -0.4 is 5.32 Å². The summed E-state index contributed by atoms with van der Waals surface area (Å²) in [6.07, 6.45) is 2.94. The number of amides is 1. The molecule has 1 atom stereocenters. The molecule has 3 aromatic carbocycles. The summed E-state index contributed by atoms with van der Waals surface area (Å²) in [7, 11) is 1.29. The van der Waals surface area contributed by atoms with Gasteiger partial charge in [0.05, 0.1) is 12.6 Å². The third-order valence-electron chi connectivity index (χ3n) is 8.01. The van der Waals surface area contributed by atoms with E-state index in [4.69, 9.17) is 23.3 Å². The number of carbonyl (C=O) groups is 2. The first-order valence-electron chi connectivity index (χ1n) is 15.2. The number of esters is 1. The van der Waals surface area contributed by atoms with Crippen molar-refractivity contribution < 1.29 is 27.9 Å². The number of para-hydroxylation sites is 2. The molecule has 7 rings (SSSR count). The minimum atomic E-state index is -0.680. The van der Waals surface area contributed by atoms with Gasteiger partial charge in [-0.3, -0.25) is 0 Å². The summed E-state index contributed by atoms with van der Waals surface area (Å²) in [6, 6.07) is 22.2. The Labute approximate surface area is 282 Å². The minimum absolute atomic E-state index is 0.0163. The summed E-state index contributed by atoms with van der Waals surface area (Å²) in [5.41, 5.74) is 4.11. The first-order valence-corrected chi connectivity index (χ1v) is 16.0. The number of oxazole rings is 2. The van der Waals surface area contributed by atoms with Gasteiger partial charge >= 0.3 is 12.1 Å². The molecule has 0 saturated carbocycles. The highest BCUT2D eigenvalue weighted by Crippen LogP contribution is 2.42. The molecule has 0 bridgehead atoms. The zero-order chi connectivity index (χ0) is 33.4. The Kier molecular flexibility index (Phi) is 8.32. The Bertz CT molecular complexity index is 2260. The van der Waals surface area contributed by atoms with E-state index in [9.17, 15) is 9.59 Å². The van der Waals surface area contributed by atoms with Gasteiger partial charge in [-0.15, -0.1) is 0 Å². The van der Waals surface area contributed by atoms with Crippen LogP contribution in [0.5, 0.6) is 0 Å². The summed E-state index contributed by atoms with van der Waals surface area (Å²) in [6.45, 7) is 3.97. The van der Waals surface area contributed by atoms with Crippen LogP contribution in [0.1, 0.15) is 41.8 Å². The second-order valence-electron chi connectivity index (χ2n) is 11.5. The largest absolute Gasteiger partial charge is 0.464 e. The smallest absolute Gasteiger partial charge is 0.408 e. The number of aromatic nitrogens is 4. The van der Waals surface area contributed by atoms with Crippen molar-refractivity contribution in [3.05, 3.63) is 107 Å². The van der Waals surface area contributed by atoms with Crippen molar-refractivity contribution in [2.75, 3.05) is 7.11 Å². The molecular formula is C36H30BrN5O6. The molecule has 11 nitrogen and oxygen atoms in total. The van der Waals surface area contributed by atoms with Crippen LogP contribution in [0.25, 0.3) is 56.0 Å². The number of halogens is 1. The van der Waals surface area contributed by atoms with E-state index in [1.807, 2.05) is 86.6 Å². The minimum Gasteiger partial charge on any atom is -0.464 e. The van der Waals surface area contributed by atoms with Gasteiger partial charge in [-0.2, -0.15) is 4.98 Å². The summed E-state index contributed by atoms with van der Waals surface area (Å²) >= 11 is 3.61. The molecule has 0 aliphatic carbocycles. The first kappa shape index (κ1) is 31.0. The number of nitrogens with one attached hydrogen (secondary N) is 3. The number of ether oxygens (including phenoxy) is 2. The van der Waals surface area contributed by atoms with Gasteiger partial charge in [0.15, 0.2) is 22.9 Å². The number of carbonyl (C=O) groups excluding carboxylic acids is 2. The van der Waals surface area contributed by atoms with Crippen LogP contribution in [0.3, 0.4) is 0 Å². The highest BCUT2D eigenvalue weighted by molar-refractivity contribution is 9.10. The maximum Gasteiger partial charge on any atom is 0.408 e. The Morgan fingerprint density at radius 3 is 2.40 bits per heavy atom. The van der Waals surface area contributed by atoms with Gasteiger partial charge in [0.1, 0.15) is 12.6 Å². The van der Waals surface area contributed by atoms with E-state index < -0.39 is 18.1 Å². The van der Waals surface area contributed by atoms with Crippen molar-refractivity contribution in [3.8, 4) is 34.2 Å². The highest BCUT2D eigenvalue weighted by atomic mass is 79.9. The number of hydrogen-bond acceptors (Lipinski definition) is 8. The number of alkyl carbamates (subject to hydrolysis) is 1. The summed E-state index contributed by atoms with van der Waals surface area (Å²) < 4.78 is 24.4. The topological polar surface area (TPSA) is 148 Å². The predicted octanol–water partition coefficient (Wildman–Crippen LogP) is 8.80. The zero-order valence-corrected chi connectivity index (χ0v) is 27.8. The molecule has 48 heavy (non-hydrogen) atoms. The van der Waals surface area contributed by atoms with E-state index in [1.165, 1.54) is 7.11 Å². The van der Waals surface area contributed by atoms with Crippen molar-refractivity contribution in [2.45, 2.75) is 26.5 Å². The molecule has 0 radical (unpaired) electrons. The quantitative estimate of drug-likeness (QED) is 0.126. The van der Waals surface area contributed by atoms with E-state index in [0.29, 0.717) is 16.9 Å². The molecule has 3 N–H and O–H groups in total. The molecule has 1 amide bonds. The number of aromatic amines is 2. The van der Waals surface area contributed by atoms with Gasteiger partial charge in [0, 0.05) is 44.3 Å². The number of methoxy groups -OCH3 is 1. The van der Waals surface area contributed by atoms with Crippen molar-refractivity contribution in [1.29, 1.82) is 0 Å². The van der Waals surface area contributed by atoms with E-state index in [1.54, 1.807) is 12.4 Å². The fraction of sp³-hybridized carbons (Fsp3) is 0.167. The Hall–Kier alpha value is -5.62. The number of fused-ring (bicyclic) bond motifs is 2. The lowest BCUT2D eigenvalue weighted by atomic mass is 10.1. The summed E-state index contributed by atoms with van der Waals surface area (Å²) in [5, 5.41) is 4.60. The molecule has 0 fully saturated rings. The second kappa shape index (κ2) is 12.9. The van der Waals surface area contributed by atoms with Crippen LogP contribution in [0.15, 0.2) is 98.5 Å². The van der Waals surface area contributed by atoms with Crippen LogP contribution in [0.2, 0.25) is 0 Å². The van der Waals surface area contributed by atoms with Crippen molar-refractivity contribution in [1.82, 2.24) is 25.3 Å². The summed E-state index contributed by atoms with van der Waals surface area (Å²) in [4.78, 5) is 42.0.